The molecule has 0 aliphatic rings. The van der Waals surface area contributed by atoms with Crippen LogP contribution in [0.2, 0.25) is 0 Å². The second kappa shape index (κ2) is 5.48. The predicted octanol–water partition coefficient (Wildman–Crippen LogP) is 2.93. The zero-order valence-electron chi connectivity index (χ0n) is 11.0. The summed E-state index contributed by atoms with van der Waals surface area (Å²) in [6.45, 7) is 4.34. The number of aromatic nitrogens is 2. The lowest BCUT2D eigenvalue weighted by molar-refractivity contribution is 0.535. The Morgan fingerprint density at radius 1 is 1.32 bits per heavy atom. The SMILES string of the molecule is CCCn1nccc1C(N)c1cc(C)c(F)cc1F. The molecule has 0 bridgehead atoms. The van der Waals surface area contributed by atoms with Gasteiger partial charge in [-0.25, -0.2) is 8.78 Å². The highest BCUT2D eigenvalue weighted by Gasteiger charge is 2.19. The molecule has 0 saturated carbocycles. The van der Waals surface area contributed by atoms with Crippen LogP contribution >= 0.6 is 0 Å². The number of hydrogen-bond donors (Lipinski definition) is 1. The summed E-state index contributed by atoms with van der Waals surface area (Å²) in [7, 11) is 0. The highest BCUT2D eigenvalue weighted by atomic mass is 19.1. The van der Waals surface area contributed by atoms with Crippen LogP contribution in [0.5, 0.6) is 0 Å². The Morgan fingerprint density at radius 2 is 2.05 bits per heavy atom. The Balaban J connectivity index is 2.41. The summed E-state index contributed by atoms with van der Waals surface area (Å²) in [5, 5.41) is 4.16. The average Bonchev–Trinajstić information content (AvgIpc) is 2.82. The molecule has 1 aromatic carbocycles. The van der Waals surface area contributed by atoms with E-state index >= 15 is 0 Å². The van der Waals surface area contributed by atoms with Crippen molar-refractivity contribution in [2.24, 2.45) is 5.73 Å². The quantitative estimate of drug-likeness (QED) is 0.923. The summed E-state index contributed by atoms with van der Waals surface area (Å²) in [5.74, 6) is -1.18. The lowest BCUT2D eigenvalue weighted by atomic mass is 10.0. The van der Waals surface area contributed by atoms with Crippen molar-refractivity contribution in [3.63, 3.8) is 0 Å². The van der Waals surface area contributed by atoms with Crippen LogP contribution < -0.4 is 5.73 Å². The fraction of sp³-hybridized carbons (Fsp3) is 0.357. The van der Waals surface area contributed by atoms with Gasteiger partial charge in [-0.15, -0.1) is 0 Å². The molecule has 2 rings (SSSR count). The minimum absolute atomic E-state index is 0.289. The van der Waals surface area contributed by atoms with Crippen LogP contribution in [-0.2, 0) is 6.54 Å². The van der Waals surface area contributed by atoms with Gasteiger partial charge in [-0.3, -0.25) is 4.68 Å². The maximum absolute atomic E-state index is 13.8. The Morgan fingerprint density at radius 3 is 2.74 bits per heavy atom. The van der Waals surface area contributed by atoms with Crippen molar-refractivity contribution in [1.82, 2.24) is 9.78 Å². The van der Waals surface area contributed by atoms with Gasteiger partial charge in [0.25, 0.3) is 0 Å². The predicted molar refractivity (Wildman–Crippen MR) is 69.6 cm³/mol. The molecule has 1 heterocycles. The maximum atomic E-state index is 13.8. The first-order valence-electron chi connectivity index (χ1n) is 6.27. The van der Waals surface area contributed by atoms with E-state index in [2.05, 4.69) is 5.10 Å². The first kappa shape index (κ1) is 13.7. The average molecular weight is 265 g/mol. The van der Waals surface area contributed by atoms with Gasteiger partial charge in [0.2, 0.25) is 0 Å². The third-order valence-electron chi connectivity index (χ3n) is 3.12. The second-order valence-corrected chi connectivity index (χ2v) is 4.58. The van der Waals surface area contributed by atoms with Gasteiger partial charge in [-0.05, 0) is 31.0 Å². The van der Waals surface area contributed by atoms with Gasteiger partial charge in [-0.1, -0.05) is 6.92 Å². The van der Waals surface area contributed by atoms with E-state index in [4.69, 9.17) is 5.73 Å². The van der Waals surface area contributed by atoms with E-state index in [0.717, 1.165) is 24.7 Å². The number of nitrogens with two attached hydrogens (primary N) is 1. The highest BCUT2D eigenvalue weighted by Crippen LogP contribution is 2.24. The third kappa shape index (κ3) is 2.66. The smallest absolute Gasteiger partial charge is 0.131 e. The summed E-state index contributed by atoms with van der Waals surface area (Å²) in [5.41, 5.74) is 7.49. The summed E-state index contributed by atoms with van der Waals surface area (Å²) < 4.78 is 28.9. The molecule has 19 heavy (non-hydrogen) atoms. The Labute approximate surface area is 111 Å². The lowest BCUT2D eigenvalue weighted by Gasteiger charge is -2.16. The molecule has 1 aromatic heterocycles. The van der Waals surface area contributed by atoms with Gasteiger partial charge >= 0.3 is 0 Å². The molecule has 0 saturated heterocycles. The number of hydrogen-bond acceptors (Lipinski definition) is 2. The largest absolute Gasteiger partial charge is 0.319 e. The van der Waals surface area contributed by atoms with Crippen LogP contribution in [0.15, 0.2) is 24.4 Å². The van der Waals surface area contributed by atoms with Crippen molar-refractivity contribution in [3.05, 3.63) is 52.9 Å². The van der Waals surface area contributed by atoms with Crippen molar-refractivity contribution < 1.29 is 8.78 Å². The van der Waals surface area contributed by atoms with Crippen LogP contribution in [0.4, 0.5) is 8.78 Å². The first-order chi connectivity index (χ1) is 9.04. The Kier molecular flexibility index (Phi) is 3.95. The number of nitrogens with zero attached hydrogens (tertiary/aromatic N) is 2. The zero-order valence-corrected chi connectivity index (χ0v) is 11.0. The minimum Gasteiger partial charge on any atom is -0.319 e. The van der Waals surface area contributed by atoms with E-state index in [1.807, 2.05) is 6.92 Å². The molecule has 0 fully saturated rings. The van der Waals surface area contributed by atoms with E-state index < -0.39 is 17.7 Å². The normalized spacial score (nSPS) is 12.7. The van der Waals surface area contributed by atoms with Crippen molar-refractivity contribution in [3.8, 4) is 0 Å². The van der Waals surface area contributed by atoms with Crippen molar-refractivity contribution in [2.75, 3.05) is 0 Å². The van der Waals surface area contributed by atoms with Crippen LogP contribution in [0, 0.1) is 18.6 Å². The molecule has 0 aliphatic carbocycles. The van der Waals surface area contributed by atoms with E-state index in [1.165, 1.54) is 6.07 Å². The molecule has 1 atom stereocenters. The van der Waals surface area contributed by atoms with E-state index in [1.54, 1.807) is 23.9 Å². The van der Waals surface area contributed by atoms with Crippen LogP contribution in [0.25, 0.3) is 0 Å². The van der Waals surface area contributed by atoms with Gasteiger partial charge < -0.3 is 5.73 Å². The molecule has 2 aromatic rings. The van der Waals surface area contributed by atoms with Crippen LogP contribution in [0.1, 0.15) is 36.2 Å². The fourth-order valence-electron chi connectivity index (χ4n) is 2.08. The van der Waals surface area contributed by atoms with Crippen molar-refractivity contribution in [1.29, 1.82) is 0 Å². The highest BCUT2D eigenvalue weighted by molar-refractivity contribution is 5.32. The van der Waals surface area contributed by atoms with Gasteiger partial charge in [0, 0.05) is 24.4 Å². The topological polar surface area (TPSA) is 43.8 Å². The number of aryl methyl sites for hydroxylation is 2. The second-order valence-electron chi connectivity index (χ2n) is 4.58. The van der Waals surface area contributed by atoms with Crippen LogP contribution in [-0.4, -0.2) is 9.78 Å². The first-order valence-corrected chi connectivity index (χ1v) is 6.27. The third-order valence-corrected chi connectivity index (χ3v) is 3.12. The summed E-state index contributed by atoms with van der Waals surface area (Å²) in [6, 6.07) is 3.45. The summed E-state index contributed by atoms with van der Waals surface area (Å²) in [4.78, 5) is 0. The van der Waals surface area contributed by atoms with E-state index in [9.17, 15) is 8.78 Å². The molecule has 2 N–H and O–H groups in total. The molecule has 1 unspecified atom stereocenters. The van der Waals surface area contributed by atoms with Gasteiger partial charge in [0.15, 0.2) is 0 Å². The molecule has 0 radical (unpaired) electrons. The summed E-state index contributed by atoms with van der Waals surface area (Å²) >= 11 is 0. The van der Waals surface area contributed by atoms with Crippen molar-refractivity contribution in [2.45, 2.75) is 32.9 Å². The summed E-state index contributed by atoms with van der Waals surface area (Å²) in [6.07, 6.45) is 2.55. The molecule has 0 aliphatic heterocycles. The van der Waals surface area contributed by atoms with Crippen molar-refractivity contribution >= 4 is 0 Å². The van der Waals surface area contributed by atoms with Crippen LogP contribution in [0.3, 0.4) is 0 Å². The maximum Gasteiger partial charge on any atom is 0.131 e. The van der Waals surface area contributed by atoms with Gasteiger partial charge in [0.05, 0.1) is 11.7 Å². The minimum atomic E-state index is -0.645. The fourth-order valence-corrected chi connectivity index (χ4v) is 2.08. The monoisotopic (exact) mass is 265 g/mol. The van der Waals surface area contributed by atoms with E-state index in [0.29, 0.717) is 5.56 Å². The molecular formula is C14H17F2N3. The molecule has 0 amide bonds. The zero-order chi connectivity index (χ0) is 14.0. The van der Waals surface area contributed by atoms with E-state index in [-0.39, 0.29) is 5.56 Å². The molecule has 102 valence electrons. The Hall–Kier alpha value is -1.75. The molecular weight excluding hydrogens is 248 g/mol. The molecule has 3 nitrogen and oxygen atoms in total. The van der Waals surface area contributed by atoms with Gasteiger partial charge in [0.1, 0.15) is 11.6 Å². The Bertz CT molecular complexity index is 578. The standard InChI is InChI=1S/C14H17F2N3/c1-3-6-19-13(4-5-18-19)14(17)10-7-9(2)11(15)8-12(10)16/h4-5,7-8,14H,3,6,17H2,1-2H3. The molecule has 0 spiro atoms. The van der Waals surface area contributed by atoms with Gasteiger partial charge in [-0.2, -0.15) is 5.10 Å². The molecule has 5 heteroatoms. The number of rotatable bonds is 4. The lowest BCUT2D eigenvalue weighted by Crippen LogP contribution is -2.19. The number of benzene rings is 1. The number of halogens is 2.